The standard InChI is InChI=1S/C6H16ClO4P/c1-6(2)11-12(3,8,9)10-5-4-7/h6,8-9H,4-5H2,1-3H3. The fourth-order valence-electron chi connectivity index (χ4n) is 0.761. The van der Waals surface area contributed by atoms with Gasteiger partial charge < -0.3 is 0 Å². The van der Waals surface area contributed by atoms with Gasteiger partial charge in [0, 0.05) is 0 Å². The molecule has 0 aromatic heterocycles. The van der Waals surface area contributed by atoms with Crippen molar-refractivity contribution in [3.8, 4) is 0 Å². The van der Waals surface area contributed by atoms with E-state index in [1.54, 1.807) is 13.8 Å². The van der Waals surface area contributed by atoms with Gasteiger partial charge in [0.05, 0.1) is 0 Å². The monoisotopic (exact) mass is 218 g/mol. The Morgan fingerprint density at radius 2 is 1.92 bits per heavy atom. The first-order chi connectivity index (χ1) is 5.24. The molecule has 0 saturated heterocycles. The van der Waals surface area contributed by atoms with Crippen molar-refractivity contribution in [2.45, 2.75) is 20.0 Å². The van der Waals surface area contributed by atoms with E-state index in [2.05, 4.69) is 0 Å². The summed E-state index contributed by atoms with van der Waals surface area (Å²) >= 11 is 5.32. The molecule has 0 spiro atoms. The Bertz CT molecular complexity index is 142. The number of rotatable bonds is 5. The van der Waals surface area contributed by atoms with Gasteiger partial charge >= 0.3 is 77.0 Å². The molecule has 0 unspecified atom stereocenters. The van der Waals surface area contributed by atoms with Crippen LogP contribution >= 0.6 is 19.1 Å². The zero-order chi connectivity index (χ0) is 9.85. The topological polar surface area (TPSA) is 58.9 Å². The van der Waals surface area contributed by atoms with Crippen molar-refractivity contribution in [2.75, 3.05) is 19.2 Å². The van der Waals surface area contributed by atoms with Crippen molar-refractivity contribution >= 4 is 19.1 Å². The average molecular weight is 219 g/mol. The van der Waals surface area contributed by atoms with Gasteiger partial charge in [0.1, 0.15) is 0 Å². The Hall–Kier alpha value is 0.560. The number of alkyl halides is 1. The Morgan fingerprint density at radius 1 is 1.42 bits per heavy atom. The predicted molar refractivity (Wildman–Crippen MR) is 50.2 cm³/mol. The van der Waals surface area contributed by atoms with E-state index < -0.39 is 7.51 Å². The molecule has 0 bridgehead atoms. The summed E-state index contributed by atoms with van der Waals surface area (Å²) in [5.74, 6) is 0.203. The zero-order valence-corrected chi connectivity index (χ0v) is 9.18. The molecule has 4 nitrogen and oxygen atoms in total. The molecule has 6 heteroatoms. The first-order valence-corrected chi connectivity index (χ1v) is 6.62. The van der Waals surface area contributed by atoms with E-state index in [1.807, 2.05) is 0 Å². The van der Waals surface area contributed by atoms with Gasteiger partial charge in [-0.2, -0.15) is 0 Å². The quantitative estimate of drug-likeness (QED) is 0.542. The number of hydrogen-bond acceptors (Lipinski definition) is 4. The van der Waals surface area contributed by atoms with E-state index in [0.717, 1.165) is 6.66 Å². The molecule has 2 N–H and O–H groups in total. The van der Waals surface area contributed by atoms with Crippen LogP contribution in [0.1, 0.15) is 13.8 Å². The Kier molecular flexibility index (Phi) is 4.38. The summed E-state index contributed by atoms with van der Waals surface area (Å²) in [4.78, 5) is 18.9. The van der Waals surface area contributed by atoms with Crippen LogP contribution in [0.25, 0.3) is 0 Å². The molecular formula is C6H16ClO4P. The van der Waals surface area contributed by atoms with Gasteiger partial charge in [-0.3, -0.25) is 0 Å². The molecule has 0 aromatic carbocycles. The first kappa shape index (κ1) is 12.6. The van der Waals surface area contributed by atoms with Gasteiger partial charge in [-0.15, -0.1) is 0 Å². The molecule has 0 aliphatic carbocycles. The van der Waals surface area contributed by atoms with E-state index in [0.29, 0.717) is 0 Å². The summed E-state index contributed by atoms with van der Waals surface area (Å²) in [5, 5.41) is 0. The van der Waals surface area contributed by atoms with Crippen molar-refractivity contribution in [2.24, 2.45) is 0 Å². The molecule has 0 aliphatic rings. The number of hydrogen-bond donors (Lipinski definition) is 2. The van der Waals surface area contributed by atoms with E-state index in [9.17, 15) is 9.79 Å². The minimum atomic E-state index is -4.33. The maximum absolute atomic E-state index is 9.46. The van der Waals surface area contributed by atoms with Gasteiger partial charge in [0.2, 0.25) is 0 Å². The van der Waals surface area contributed by atoms with Crippen LogP contribution in [0.5, 0.6) is 0 Å². The van der Waals surface area contributed by atoms with Crippen LogP contribution in [0.4, 0.5) is 0 Å². The molecule has 0 fully saturated rings. The molecule has 0 radical (unpaired) electrons. The number of halogens is 1. The van der Waals surface area contributed by atoms with Crippen LogP contribution in [0, 0.1) is 0 Å². The maximum atomic E-state index is 9.46. The molecule has 76 valence electrons. The predicted octanol–water partition coefficient (Wildman–Crippen LogP) is 1.49. The van der Waals surface area contributed by atoms with E-state index in [1.165, 1.54) is 0 Å². The Balaban J connectivity index is 4.08. The zero-order valence-electron chi connectivity index (χ0n) is 7.53. The van der Waals surface area contributed by atoms with E-state index in [4.69, 9.17) is 20.6 Å². The molecule has 0 heterocycles. The molecule has 0 aliphatic heterocycles. The van der Waals surface area contributed by atoms with Crippen LogP contribution in [-0.2, 0) is 9.05 Å². The van der Waals surface area contributed by atoms with Gasteiger partial charge in [0.15, 0.2) is 0 Å². The van der Waals surface area contributed by atoms with Crippen molar-refractivity contribution in [3.63, 3.8) is 0 Å². The third-order valence-corrected chi connectivity index (χ3v) is 2.76. The van der Waals surface area contributed by atoms with Gasteiger partial charge in [-0.05, 0) is 0 Å². The summed E-state index contributed by atoms with van der Waals surface area (Å²) < 4.78 is 9.65. The summed E-state index contributed by atoms with van der Waals surface area (Å²) in [5.41, 5.74) is 0. The molecule has 0 rings (SSSR count). The second-order valence-electron chi connectivity index (χ2n) is 2.93. The van der Waals surface area contributed by atoms with Crippen molar-refractivity contribution in [1.82, 2.24) is 0 Å². The van der Waals surface area contributed by atoms with Gasteiger partial charge in [-0.25, -0.2) is 0 Å². The molecule has 0 aromatic rings. The van der Waals surface area contributed by atoms with Gasteiger partial charge in [0.25, 0.3) is 0 Å². The normalized spacial score (nSPS) is 16.1. The average Bonchev–Trinajstić information content (AvgIpc) is 1.79. The minimum absolute atomic E-state index is 0.0651. The van der Waals surface area contributed by atoms with Crippen molar-refractivity contribution in [3.05, 3.63) is 0 Å². The van der Waals surface area contributed by atoms with Crippen LogP contribution in [0.2, 0.25) is 0 Å². The van der Waals surface area contributed by atoms with Crippen LogP contribution in [-0.4, -0.2) is 35.0 Å². The van der Waals surface area contributed by atoms with Crippen LogP contribution in [0.15, 0.2) is 0 Å². The molecular weight excluding hydrogens is 202 g/mol. The molecule has 0 saturated carbocycles. The fraction of sp³-hybridized carbons (Fsp3) is 1.00. The second-order valence-corrected chi connectivity index (χ2v) is 6.29. The summed E-state index contributed by atoms with van der Waals surface area (Å²) in [6.07, 6.45) is -0.294. The fourth-order valence-corrected chi connectivity index (χ4v) is 2.49. The van der Waals surface area contributed by atoms with Gasteiger partial charge in [-0.1, -0.05) is 0 Å². The Morgan fingerprint density at radius 3 is 2.25 bits per heavy atom. The summed E-state index contributed by atoms with van der Waals surface area (Å²) in [7, 11) is -4.33. The van der Waals surface area contributed by atoms with E-state index in [-0.39, 0.29) is 18.6 Å². The van der Waals surface area contributed by atoms with Crippen molar-refractivity contribution < 1.29 is 18.8 Å². The van der Waals surface area contributed by atoms with Crippen molar-refractivity contribution in [1.29, 1.82) is 0 Å². The molecule has 12 heavy (non-hydrogen) atoms. The third-order valence-electron chi connectivity index (χ3n) is 0.919. The van der Waals surface area contributed by atoms with Crippen LogP contribution < -0.4 is 0 Å². The second kappa shape index (κ2) is 4.18. The Labute approximate surface area is 77.7 Å². The summed E-state index contributed by atoms with van der Waals surface area (Å²) in [6, 6.07) is 0. The van der Waals surface area contributed by atoms with E-state index >= 15 is 0 Å². The molecule has 0 atom stereocenters. The first-order valence-electron chi connectivity index (χ1n) is 3.66. The third kappa shape index (κ3) is 6.12. The molecule has 0 amide bonds. The van der Waals surface area contributed by atoms with Crippen LogP contribution in [0.3, 0.4) is 0 Å². The summed E-state index contributed by atoms with van der Waals surface area (Å²) in [6.45, 7) is 4.61. The SMILES string of the molecule is CC(C)OP(C)(O)(O)OCCCl.